The summed E-state index contributed by atoms with van der Waals surface area (Å²) in [6.45, 7) is 4.25. The monoisotopic (exact) mass is 445 g/mol. The zero-order valence-electron chi connectivity index (χ0n) is 16.7. The molecule has 0 bridgehead atoms. The topological polar surface area (TPSA) is 102 Å². The summed E-state index contributed by atoms with van der Waals surface area (Å²) in [5.74, 6) is -0.293. The molecule has 0 aliphatic heterocycles. The van der Waals surface area contributed by atoms with E-state index in [0.29, 0.717) is 5.25 Å². The third kappa shape index (κ3) is 6.43. The summed E-state index contributed by atoms with van der Waals surface area (Å²) in [5, 5.41) is 10.6. The molecule has 1 N–H and O–H groups in total. The first-order valence-corrected chi connectivity index (χ1v) is 12.0. The molecule has 0 atom stereocenters. The quantitative estimate of drug-likeness (QED) is 0.500. The predicted octanol–water partition coefficient (Wildman–Crippen LogP) is 3.77. The van der Waals surface area contributed by atoms with Crippen molar-refractivity contribution in [2.75, 3.05) is 11.1 Å². The zero-order valence-corrected chi connectivity index (χ0v) is 18.4. The van der Waals surface area contributed by atoms with Crippen LogP contribution < -0.4 is 5.32 Å². The molecule has 0 spiro atoms. The van der Waals surface area contributed by atoms with Crippen molar-refractivity contribution >= 4 is 33.5 Å². The minimum Gasteiger partial charge on any atom is -0.408 e. The van der Waals surface area contributed by atoms with Crippen LogP contribution in [0.1, 0.15) is 25.3 Å². The molecule has 0 aliphatic carbocycles. The van der Waals surface area contributed by atoms with Crippen LogP contribution in [0.4, 0.5) is 6.01 Å². The third-order valence-electron chi connectivity index (χ3n) is 4.06. The molecule has 0 fully saturated rings. The van der Waals surface area contributed by atoms with E-state index in [1.807, 2.05) is 24.3 Å². The smallest absolute Gasteiger partial charge is 0.322 e. The van der Waals surface area contributed by atoms with Crippen LogP contribution in [-0.4, -0.2) is 35.5 Å². The van der Waals surface area contributed by atoms with Gasteiger partial charge >= 0.3 is 6.01 Å². The summed E-state index contributed by atoms with van der Waals surface area (Å²) >= 11 is 1.76. The highest BCUT2D eigenvalue weighted by Crippen LogP contribution is 2.23. The maximum absolute atomic E-state index is 12.3. The molecule has 0 saturated carbocycles. The van der Waals surface area contributed by atoms with Gasteiger partial charge in [-0.2, -0.15) is 0 Å². The average Bonchev–Trinajstić information content (AvgIpc) is 3.15. The second-order valence-corrected chi connectivity index (χ2v) is 10.7. The minimum absolute atomic E-state index is 0.0425. The molecule has 7 nitrogen and oxygen atoms in total. The lowest BCUT2D eigenvalue weighted by molar-refractivity contribution is -0.115. The van der Waals surface area contributed by atoms with Crippen LogP contribution in [0.15, 0.2) is 68.8 Å². The number of hydrogen-bond donors (Lipinski definition) is 1. The Morgan fingerprint density at radius 1 is 1.07 bits per heavy atom. The molecule has 1 amide bonds. The lowest BCUT2D eigenvalue weighted by Gasteiger charge is -2.06. The third-order valence-corrected chi connectivity index (χ3v) is 6.81. The highest BCUT2D eigenvalue weighted by Gasteiger charge is 2.17. The standard InChI is InChI=1S/C21H23N3O4S2/c1-15(2)29-17-10-8-16(9-11-17)14-19(25)22-21-24-23-20(28-21)12-13-30(26,27)18-6-4-3-5-7-18/h3-11,15H,12-14H2,1-2H3,(H,22,24,25). The van der Waals surface area contributed by atoms with Crippen molar-refractivity contribution in [2.24, 2.45) is 0 Å². The van der Waals surface area contributed by atoms with Crippen LogP contribution in [0.5, 0.6) is 0 Å². The van der Waals surface area contributed by atoms with Gasteiger partial charge in [-0.25, -0.2) is 8.42 Å². The van der Waals surface area contributed by atoms with Gasteiger partial charge in [0.05, 0.1) is 17.1 Å². The molecule has 1 aromatic heterocycles. The fourth-order valence-electron chi connectivity index (χ4n) is 2.68. The molecule has 1 heterocycles. The number of carbonyl (C=O) groups excluding carboxylic acids is 1. The van der Waals surface area contributed by atoms with Crippen LogP contribution in [0.3, 0.4) is 0 Å². The molecule has 0 unspecified atom stereocenters. The van der Waals surface area contributed by atoms with Crippen molar-refractivity contribution < 1.29 is 17.6 Å². The van der Waals surface area contributed by atoms with Gasteiger partial charge < -0.3 is 4.42 Å². The van der Waals surface area contributed by atoms with E-state index in [9.17, 15) is 13.2 Å². The molecule has 3 rings (SSSR count). The Morgan fingerprint density at radius 3 is 2.43 bits per heavy atom. The second-order valence-electron chi connectivity index (χ2n) is 6.92. The number of thioether (sulfide) groups is 1. The number of nitrogens with zero attached hydrogens (tertiary/aromatic N) is 2. The first-order chi connectivity index (χ1) is 14.3. The van der Waals surface area contributed by atoms with E-state index < -0.39 is 9.84 Å². The normalized spacial score (nSPS) is 11.6. The van der Waals surface area contributed by atoms with Gasteiger partial charge in [-0.3, -0.25) is 10.1 Å². The highest BCUT2D eigenvalue weighted by atomic mass is 32.2. The zero-order chi connectivity index (χ0) is 21.6. The van der Waals surface area contributed by atoms with Gasteiger partial charge in [-0.15, -0.1) is 16.9 Å². The number of anilines is 1. The number of carbonyl (C=O) groups is 1. The maximum Gasteiger partial charge on any atom is 0.322 e. The Morgan fingerprint density at radius 2 is 1.77 bits per heavy atom. The Hall–Kier alpha value is -2.65. The maximum atomic E-state index is 12.3. The van der Waals surface area contributed by atoms with E-state index in [-0.39, 0.29) is 41.3 Å². The van der Waals surface area contributed by atoms with Gasteiger partial charge in [0.2, 0.25) is 11.8 Å². The van der Waals surface area contributed by atoms with E-state index in [4.69, 9.17) is 4.42 Å². The molecule has 3 aromatic rings. The molecule has 2 aromatic carbocycles. The van der Waals surface area contributed by atoms with Crippen molar-refractivity contribution in [2.45, 2.75) is 41.7 Å². The summed E-state index contributed by atoms with van der Waals surface area (Å²) in [5.41, 5.74) is 0.870. The van der Waals surface area contributed by atoms with Gasteiger partial charge in [-0.1, -0.05) is 49.3 Å². The Labute approximate surface area is 180 Å². The first kappa shape index (κ1) is 22.0. The summed E-state index contributed by atoms with van der Waals surface area (Å²) in [6, 6.07) is 16.0. The molecule has 30 heavy (non-hydrogen) atoms. The number of sulfone groups is 1. The number of amides is 1. The van der Waals surface area contributed by atoms with E-state index >= 15 is 0 Å². The Bertz CT molecular complexity index is 1080. The molecule has 0 saturated heterocycles. The van der Waals surface area contributed by atoms with Gasteiger partial charge in [0.15, 0.2) is 9.84 Å². The van der Waals surface area contributed by atoms with Crippen LogP contribution in [-0.2, 0) is 27.5 Å². The molecule has 158 valence electrons. The van der Waals surface area contributed by atoms with E-state index in [0.717, 1.165) is 10.5 Å². The number of aryl methyl sites for hydroxylation is 1. The minimum atomic E-state index is -3.44. The Balaban J connectivity index is 1.52. The summed E-state index contributed by atoms with van der Waals surface area (Å²) in [7, 11) is -3.44. The van der Waals surface area contributed by atoms with Crippen molar-refractivity contribution in [3.63, 3.8) is 0 Å². The number of benzene rings is 2. The van der Waals surface area contributed by atoms with E-state index in [2.05, 4.69) is 29.4 Å². The SMILES string of the molecule is CC(C)Sc1ccc(CC(=O)Nc2nnc(CCS(=O)(=O)c3ccccc3)o2)cc1. The van der Waals surface area contributed by atoms with E-state index in [1.165, 1.54) is 0 Å². The van der Waals surface area contributed by atoms with Crippen molar-refractivity contribution in [3.8, 4) is 0 Å². The number of nitrogens with one attached hydrogen (secondary N) is 1. The van der Waals surface area contributed by atoms with E-state index in [1.54, 1.807) is 42.1 Å². The van der Waals surface area contributed by atoms with Gasteiger partial charge in [-0.05, 0) is 29.8 Å². The van der Waals surface area contributed by atoms with Gasteiger partial charge in [0, 0.05) is 16.6 Å². The van der Waals surface area contributed by atoms with Crippen LogP contribution in [0, 0.1) is 0 Å². The second kappa shape index (κ2) is 9.90. The fourth-order valence-corrected chi connectivity index (χ4v) is 4.77. The molecule has 0 radical (unpaired) electrons. The predicted molar refractivity (Wildman–Crippen MR) is 116 cm³/mol. The molecule has 9 heteroatoms. The largest absolute Gasteiger partial charge is 0.408 e. The fraction of sp³-hybridized carbons (Fsp3) is 0.286. The summed E-state index contributed by atoms with van der Waals surface area (Å²) in [4.78, 5) is 13.6. The van der Waals surface area contributed by atoms with Gasteiger partial charge in [0.25, 0.3) is 0 Å². The highest BCUT2D eigenvalue weighted by molar-refractivity contribution is 7.99. The lowest BCUT2D eigenvalue weighted by atomic mass is 10.1. The summed E-state index contributed by atoms with van der Waals surface area (Å²) in [6.07, 6.45) is 0.238. The van der Waals surface area contributed by atoms with Crippen LogP contribution in [0.25, 0.3) is 0 Å². The van der Waals surface area contributed by atoms with Crippen LogP contribution >= 0.6 is 11.8 Å². The molecular weight excluding hydrogens is 422 g/mol. The number of rotatable bonds is 9. The summed E-state index contributed by atoms with van der Waals surface area (Å²) < 4.78 is 30.0. The molecule has 0 aliphatic rings. The number of hydrogen-bond acceptors (Lipinski definition) is 7. The van der Waals surface area contributed by atoms with Gasteiger partial charge in [0.1, 0.15) is 0 Å². The average molecular weight is 446 g/mol. The number of aromatic nitrogens is 2. The lowest BCUT2D eigenvalue weighted by Crippen LogP contribution is -2.14. The van der Waals surface area contributed by atoms with Crippen molar-refractivity contribution in [3.05, 3.63) is 66.1 Å². The first-order valence-electron chi connectivity index (χ1n) is 9.47. The molecular formula is C21H23N3O4S2. The Kier molecular flexibility index (Phi) is 7.28. The van der Waals surface area contributed by atoms with Crippen molar-refractivity contribution in [1.29, 1.82) is 0 Å². The van der Waals surface area contributed by atoms with Crippen molar-refractivity contribution in [1.82, 2.24) is 10.2 Å². The van der Waals surface area contributed by atoms with Crippen LogP contribution in [0.2, 0.25) is 0 Å².